The van der Waals surface area contributed by atoms with E-state index in [1.807, 2.05) is 0 Å². The molecule has 0 saturated heterocycles. The van der Waals surface area contributed by atoms with E-state index in [1.165, 1.54) is 0 Å². The summed E-state index contributed by atoms with van der Waals surface area (Å²) in [5.41, 5.74) is 4.82. The van der Waals surface area contributed by atoms with Gasteiger partial charge >= 0.3 is 6.18 Å². The average molecular weight is 225 g/mol. The average Bonchev–Trinajstić information content (AvgIpc) is 2.14. The molecule has 5 heteroatoms. The van der Waals surface area contributed by atoms with E-state index in [-0.39, 0.29) is 18.6 Å². The predicted molar refractivity (Wildman–Crippen MR) is 52.4 cm³/mol. The molecule has 0 rings (SSSR count). The Morgan fingerprint density at radius 3 is 2.00 bits per heavy atom. The van der Waals surface area contributed by atoms with Crippen molar-refractivity contribution < 1.29 is 18.0 Å². The van der Waals surface area contributed by atoms with Gasteiger partial charge in [-0.15, -0.1) is 0 Å². The van der Waals surface area contributed by atoms with Crippen LogP contribution in [0.5, 0.6) is 0 Å². The summed E-state index contributed by atoms with van der Waals surface area (Å²) in [6.07, 6.45) is -4.42. The molecule has 0 aliphatic heterocycles. The van der Waals surface area contributed by atoms with E-state index in [0.717, 1.165) is 0 Å². The number of carbonyl (C=O) groups is 1. The Labute approximate surface area is 88.0 Å². The molecule has 0 amide bonds. The zero-order valence-corrected chi connectivity index (χ0v) is 9.16. The fourth-order valence-corrected chi connectivity index (χ4v) is 1.34. The van der Waals surface area contributed by atoms with Crippen LogP contribution in [0, 0.1) is 0 Å². The van der Waals surface area contributed by atoms with Gasteiger partial charge in [0.2, 0.25) is 0 Å². The van der Waals surface area contributed by atoms with Crippen molar-refractivity contribution in [3.63, 3.8) is 0 Å². The van der Waals surface area contributed by atoms with Crippen LogP contribution in [0.4, 0.5) is 13.2 Å². The van der Waals surface area contributed by atoms with E-state index < -0.39 is 18.1 Å². The van der Waals surface area contributed by atoms with Crippen molar-refractivity contribution in [1.82, 2.24) is 0 Å². The van der Waals surface area contributed by atoms with E-state index >= 15 is 0 Å². The van der Waals surface area contributed by atoms with E-state index in [2.05, 4.69) is 0 Å². The van der Waals surface area contributed by atoms with Gasteiger partial charge in [-0.05, 0) is 19.3 Å². The highest BCUT2D eigenvalue weighted by molar-refractivity contribution is 5.87. The molecule has 0 aliphatic rings. The molecule has 0 heterocycles. The van der Waals surface area contributed by atoms with Gasteiger partial charge in [0, 0.05) is 12.8 Å². The zero-order valence-electron chi connectivity index (χ0n) is 9.16. The Kier molecular flexibility index (Phi) is 5.28. The number of rotatable bonds is 6. The molecule has 0 radical (unpaired) electrons. The first-order chi connectivity index (χ1) is 6.75. The predicted octanol–water partition coefficient (Wildman–Crippen LogP) is 2.81. The summed E-state index contributed by atoms with van der Waals surface area (Å²) in [7, 11) is 0. The second kappa shape index (κ2) is 5.49. The van der Waals surface area contributed by atoms with Crippen molar-refractivity contribution in [2.45, 2.75) is 57.7 Å². The number of hydrogen-bond acceptors (Lipinski definition) is 2. The van der Waals surface area contributed by atoms with Gasteiger partial charge in [0.1, 0.15) is 0 Å². The summed E-state index contributed by atoms with van der Waals surface area (Å²) in [6.45, 7) is 3.54. The van der Waals surface area contributed by atoms with Gasteiger partial charge in [0.15, 0.2) is 5.78 Å². The number of alkyl halides is 3. The first-order valence-electron chi connectivity index (χ1n) is 5.14. The van der Waals surface area contributed by atoms with Crippen LogP contribution in [-0.2, 0) is 4.79 Å². The van der Waals surface area contributed by atoms with Crippen LogP contribution in [0.2, 0.25) is 0 Å². The summed E-state index contributed by atoms with van der Waals surface area (Å²) < 4.78 is 35.5. The van der Waals surface area contributed by atoms with E-state index in [1.54, 1.807) is 13.8 Å². The summed E-state index contributed by atoms with van der Waals surface area (Å²) >= 11 is 0. The molecule has 0 aromatic rings. The lowest BCUT2D eigenvalue weighted by molar-refractivity contribution is -0.138. The van der Waals surface area contributed by atoms with Gasteiger partial charge in [0.25, 0.3) is 0 Å². The second-order valence-electron chi connectivity index (χ2n) is 3.76. The monoisotopic (exact) mass is 225 g/mol. The third-order valence-electron chi connectivity index (χ3n) is 2.68. The summed E-state index contributed by atoms with van der Waals surface area (Å²) in [5.74, 6) is -0.267. The van der Waals surface area contributed by atoms with E-state index in [0.29, 0.717) is 12.8 Å². The lowest BCUT2D eigenvalue weighted by Gasteiger charge is -2.24. The van der Waals surface area contributed by atoms with Gasteiger partial charge in [-0.1, -0.05) is 13.8 Å². The molecule has 0 aromatic heterocycles. The third-order valence-corrected chi connectivity index (χ3v) is 2.68. The van der Waals surface area contributed by atoms with Crippen LogP contribution in [-0.4, -0.2) is 17.5 Å². The van der Waals surface area contributed by atoms with Gasteiger partial charge in [-0.25, -0.2) is 0 Å². The molecule has 0 bridgehead atoms. The van der Waals surface area contributed by atoms with Crippen LogP contribution < -0.4 is 5.73 Å². The molecule has 90 valence electrons. The van der Waals surface area contributed by atoms with Crippen molar-refractivity contribution in [2.24, 2.45) is 5.73 Å². The third kappa shape index (κ3) is 5.16. The minimum Gasteiger partial charge on any atom is -0.319 e. The standard InChI is InChI=1S/C10H18F3NO/c1-3-9(14,4-2)8(15)6-5-7-10(11,12)13/h3-7,14H2,1-2H3. The first-order valence-corrected chi connectivity index (χ1v) is 5.14. The van der Waals surface area contributed by atoms with Crippen molar-refractivity contribution in [3.05, 3.63) is 0 Å². The molecule has 0 unspecified atom stereocenters. The van der Waals surface area contributed by atoms with Gasteiger partial charge < -0.3 is 5.73 Å². The number of nitrogens with two attached hydrogens (primary N) is 1. The number of halogens is 3. The lowest BCUT2D eigenvalue weighted by atomic mass is 9.86. The van der Waals surface area contributed by atoms with Gasteiger partial charge in [-0.2, -0.15) is 13.2 Å². The summed E-state index contributed by atoms with van der Waals surface area (Å²) in [5, 5.41) is 0. The fraction of sp³-hybridized carbons (Fsp3) is 0.900. The smallest absolute Gasteiger partial charge is 0.319 e. The second-order valence-corrected chi connectivity index (χ2v) is 3.76. The Balaban J connectivity index is 4.04. The molecule has 0 aromatic carbocycles. The van der Waals surface area contributed by atoms with Crippen LogP contribution in [0.15, 0.2) is 0 Å². The minimum atomic E-state index is -4.18. The minimum absolute atomic E-state index is 0.0856. The Morgan fingerprint density at radius 2 is 1.67 bits per heavy atom. The number of carbonyl (C=O) groups excluding carboxylic acids is 1. The topological polar surface area (TPSA) is 43.1 Å². The maximum Gasteiger partial charge on any atom is 0.389 e. The highest BCUT2D eigenvalue weighted by Gasteiger charge is 2.31. The SMILES string of the molecule is CCC(N)(CC)C(=O)CCCC(F)(F)F. The molecule has 0 aliphatic carbocycles. The van der Waals surface area contributed by atoms with Gasteiger partial charge in [-0.3, -0.25) is 4.79 Å². The van der Waals surface area contributed by atoms with Crippen molar-refractivity contribution in [3.8, 4) is 0 Å². The zero-order chi connectivity index (χ0) is 12.1. The molecule has 0 atom stereocenters. The van der Waals surface area contributed by atoms with Crippen molar-refractivity contribution in [2.75, 3.05) is 0 Å². The molecular weight excluding hydrogens is 207 g/mol. The van der Waals surface area contributed by atoms with Gasteiger partial charge in [0.05, 0.1) is 5.54 Å². The molecule has 0 spiro atoms. The van der Waals surface area contributed by atoms with Crippen molar-refractivity contribution >= 4 is 5.78 Å². The number of hydrogen-bond donors (Lipinski definition) is 1. The molecule has 2 N–H and O–H groups in total. The quantitative estimate of drug-likeness (QED) is 0.755. The van der Waals surface area contributed by atoms with Crippen LogP contribution >= 0.6 is 0 Å². The largest absolute Gasteiger partial charge is 0.389 e. The Bertz CT molecular complexity index is 209. The normalized spacial score (nSPS) is 12.9. The summed E-state index contributed by atoms with van der Waals surface area (Å²) in [4.78, 5) is 11.5. The van der Waals surface area contributed by atoms with Crippen LogP contribution in [0.25, 0.3) is 0 Å². The molecule has 2 nitrogen and oxygen atoms in total. The number of Topliss-reactive ketones (excluding diaryl/α,β-unsaturated/α-hetero) is 1. The van der Waals surface area contributed by atoms with E-state index in [4.69, 9.17) is 5.73 Å². The molecule has 0 saturated carbocycles. The van der Waals surface area contributed by atoms with Crippen LogP contribution in [0.1, 0.15) is 46.0 Å². The lowest BCUT2D eigenvalue weighted by Crippen LogP contribution is -2.46. The molecular formula is C10H18F3NO. The fourth-order valence-electron chi connectivity index (χ4n) is 1.34. The summed E-state index contributed by atoms with van der Waals surface area (Å²) in [6, 6.07) is 0. The van der Waals surface area contributed by atoms with Crippen molar-refractivity contribution in [1.29, 1.82) is 0 Å². The highest BCUT2D eigenvalue weighted by Crippen LogP contribution is 2.24. The van der Waals surface area contributed by atoms with E-state index in [9.17, 15) is 18.0 Å². The maximum atomic E-state index is 11.8. The Hall–Kier alpha value is -0.580. The highest BCUT2D eigenvalue weighted by atomic mass is 19.4. The molecule has 0 fully saturated rings. The van der Waals surface area contributed by atoms with Crippen LogP contribution in [0.3, 0.4) is 0 Å². The number of ketones is 1. The maximum absolute atomic E-state index is 11.8. The molecule has 15 heavy (non-hydrogen) atoms. The first kappa shape index (κ1) is 14.4. The Morgan fingerprint density at radius 1 is 1.20 bits per heavy atom.